The van der Waals surface area contributed by atoms with Gasteiger partial charge in [0, 0.05) is 26.3 Å². The van der Waals surface area contributed by atoms with E-state index in [-0.39, 0.29) is 11.3 Å². The molecular weight excluding hydrogens is 276 g/mol. The van der Waals surface area contributed by atoms with Gasteiger partial charge in [-0.2, -0.15) is 0 Å². The van der Waals surface area contributed by atoms with Gasteiger partial charge in [-0.15, -0.1) is 0 Å². The van der Waals surface area contributed by atoms with Gasteiger partial charge in [0.15, 0.2) is 0 Å². The lowest BCUT2D eigenvalue weighted by molar-refractivity contribution is -0.140. The minimum absolute atomic E-state index is 0.0682. The van der Waals surface area contributed by atoms with Crippen LogP contribution >= 0.6 is 0 Å². The van der Waals surface area contributed by atoms with E-state index in [4.69, 9.17) is 10.5 Å². The van der Waals surface area contributed by atoms with E-state index in [1.807, 2.05) is 23.1 Å². The second-order valence-electron chi connectivity index (χ2n) is 7.05. The molecule has 0 radical (unpaired) electrons. The van der Waals surface area contributed by atoms with Crippen LogP contribution in [0.15, 0.2) is 30.3 Å². The van der Waals surface area contributed by atoms with Crippen molar-refractivity contribution in [1.82, 2.24) is 4.90 Å². The molecule has 1 amide bonds. The summed E-state index contributed by atoms with van der Waals surface area (Å²) in [5, 5.41) is 0. The molecular formula is C18H26N2O2. The molecule has 0 aliphatic carbocycles. The first-order valence-corrected chi connectivity index (χ1v) is 8.22. The number of benzene rings is 1. The van der Waals surface area contributed by atoms with Crippen LogP contribution in [-0.2, 0) is 14.9 Å². The Morgan fingerprint density at radius 3 is 2.50 bits per heavy atom. The summed E-state index contributed by atoms with van der Waals surface area (Å²) < 4.78 is 5.53. The number of nitrogens with zero attached hydrogens (tertiary/aromatic N) is 1. The SMILES string of the molecule is CC1(CN)CCN(C(=O)C2(c3ccccc3)CCOCC2)C1. The van der Waals surface area contributed by atoms with E-state index in [2.05, 4.69) is 19.1 Å². The number of amides is 1. The fourth-order valence-electron chi connectivity index (χ4n) is 3.77. The van der Waals surface area contributed by atoms with E-state index in [0.717, 1.165) is 37.9 Å². The van der Waals surface area contributed by atoms with Crippen molar-refractivity contribution >= 4 is 5.91 Å². The van der Waals surface area contributed by atoms with Crippen LogP contribution in [0.3, 0.4) is 0 Å². The molecule has 4 nitrogen and oxygen atoms in total. The Balaban J connectivity index is 1.89. The summed E-state index contributed by atoms with van der Waals surface area (Å²) in [5.41, 5.74) is 6.68. The third-order valence-electron chi connectivity index (χ3n) is 5.42. The Kier molecular flexibility index (Phi) is 4.24. The first-order valence-electron chi connectivity index (χ1n) is 8.22. The molecule has 0 aromatic heterocycles. The van der Waals surface area contributed by atoms with Crippen LogP contribution in [0.25, 0.3) is 0 Å². The van der Waals surface area contributed by atoms with Gasteiger partial charge in [-0.05, 0) is 36.8 Å². The van der Waals surface area contributed by atoms with Crippen LogP contribution < -0.4 is 5.73 Å². The van der Waals surface area contributed by atoms with E-state index < -0.39 is 5.41 Å². The zero-order valence-electron chi connectivity index (χ0n) is 13.4. The number of carbonyl (C=O) groups excluding carboxylic acids is 1. The molecule has 1 aromatic carbocycles. The summed E-state index contributed by atoms with van der Waals surface area (Å²) in [7, 11) is 0. The molecule has 1 aromatic rings. The van der Waals surface area contributed by atoms with Crippen molar-refractivity contribution in [3.8, 4) is 0 Å². The second-order valence-corrected chi connectivity index (χ2v) is 7.05. The number of hydrogen-bond acceptors (Lipinski definition) is 3. The molecule has 1 atom stereocenters. The van der Waals surface area contributed by atoms with Crippen molar-refractivity contribution in [2.45, 2.75) is 31.6 Å². The number of hydrogen-bond donors (Lipinski definition) is 1. The van der Waals surface area contributed by atoms with Crippen molar-refractivity contribution in [3.05, 3.63) is 35.9 Å². The number of rotatable bonds is 3. The molecule has 0 spiro atoms. The fourth-order valence-corrected chi connectivity index (χ4v) is 3.77. The summed E-state index contributed by atoms with van der Waals surface area (Å²) in [5.74, 6) is 0.263. The van der Waals surface area contributed by atoms with Crippen LogP contribution in [0, 0.1) is 5.41 Å². The largest absolute Gasteiger partial charge is 0.381 e. The van der Waals surface area contributed by atoms with E-state index in [0.29, 0.717) is 19.8 Å². The number of ether oxygens (including phenoxy) is 1. The van der Waals surface area contributed by atoms with E-state index >= 15 is 0 Å². The molecule has 4 heteroatoms. The van der Waals surface area contributed by atoms with Gasteiger partial charge in [0.05, 0.1) is 5.41 Å². The van der Waals surface area contributed by atoms with Gasteiger partial charge in [0.25, 0.3) is 0 Å². The third kappa shape index (κ3) is 2.66. The minimum Gasteiger partial charge on any atom is -0.381 e. The van der Waals surface area contributed by atoms with Crippen molar-refractivity contribution in [3.63, 3.8) is 0 Å². The smallest absolute Gasteiger partial charge is 0.233 e. The lowest BCUT2D eigenvalue weighted by atomic mass is 9.73. The fraction of sp³-hybridized carbons (Fsp3) is 0.611. The molecule has 2 N–H and O–H groups in total. The molecule has 2 aliphatic rings. The maximum atomic E-state index is 13.4. The second kappa shape index (κ2) is 6.01. The van der Waals surface area contributed by atoms with Crippen LogP contribution in [0.2, 0.25) is 0 Å². The maximum absolute atomic E-state index is 13.4. The topological polar surface area (TPSA) is 55.6 Å². The Hall–Kier alpha value is -1.39. The standard InChI is InChI=1S/C18H26N2O2/c1-17(13-19)7-10-20(14-17)16(21)18(8-11-22-12-9-18)15-5-3-2-4-6-15/h2-6H,7-14,19H2,1H3. The predicted molar refractivity (Wildman–Crippen MR) is 86.5 cm³/mol. The highest BCUT2D eigenvalue weighted by Gasteiger charge is 2.47. The zero-order valence-corrected chi connectivity index (χ0v) is 13.4. The summed E-state index contributed by atoms with van der Waals surface area (Å²) in [4.78, 5) is 15.4. The molecule has 120 valence electrons. The summed E-state index contributed by atoms with van der Waals surface area (Å²) in [6, 6.07) is 10.2. The number of nitrogens with two attached hydrogens (primary N) is 1. The first-order chi connectivity index (χ1) is 10.6. The quantitative estimate of drug-likeness (QED) is 0.928. The lowest BCUT2D eigenvalue weighted by Crippen LogP contribution is -2.50. The van der Waals surface area contributed by atoms with Gasteiger partial charge >= 0.3 is 0 Å². The van der Waals surface area contributed by atoms with Crippen molar-refractivity contribution in [2.24, 2.45) is 11.1 Å². The third-order valence-corrected chi connectivity index (χ3v) is 5.42. The van der Waals surface area contributed by atoms with Crippen molar-refractivity contribution in [2.75, 3.05) is 32.8 Å². The molecule has 3 rings (SSSR count). The Morgan fingerprint density at radius 2 is 1.91 bits per heavy atom. The monoisotopic (exact) mass is 302 g/mol. The predicted octanol–water partition coefficient (Wildman–Crippen LogP) is 1.93. The van der Waals surface area contributed by atoms with E-state index in [1.165, 1.54) is 0 Å². The van der Waals surface area contributed by atoms with Crippen LogP contribution in [0.1, 0.15) is 31.7 Å². The van der Waals surface area contributed by atoms with Crippen LogP contribution in [-0.4, -0.2) is 43.7 Å². The normalized spacial score (nSPS) is 27.8. The Bertz CT molecular complexity index is 525. The summed E-state index contributed by atoms with van der Waals surface area (Å²) in [6.07, 6.45) is 2.54. The van der Waals surface area contributed by atoms with Crippen molar-refractivity contribution in [1.29, 1.82) is 0 Å². The molecule has 1 unspecified atom stereocenters. The van der Waals surface area contributed by atoms with Gasteiger partial charge in [-0.3, -0.25) is 4.79 Å². The highest BCUT2D eigenvalue weighted by Crippen LogP contribution is 2.39. The van der Waals surface area contributed by atoms with E-state index in [1.54, 1.807) is 0 Å². The Labute approximate surface area is 132 Å². The molecule has 0 saturated carbocycles. The van der Waals surface area contributed by atoms with Gasteiger partial charge in [0.2, 0.25) is 5.91 Å². The average molecular weight is 302 g/mol. The minimum atomic E-state index is -0.417. The average Bonchev–Trinajstić information content (AvgIpc) is 2.98. The molecule has 2 heterocycles. The summed E-state index contributed by atoms with van der Waals surface area (Å²) >= 11 is 0. The highest BCUT2D eigenvalue weighted by atomic mass is 16.5. The van der Waals surface area contributed by atoms with Gasteiger partial charge in [-0.1, -0.05) is 37.3 Å². The van der Waals surface area contributed by atoms with Gasteiger partial charge < -0.3 is 15.4 Å². The van der Waals surface area contributed by atoms with Gasteiger partial charge in [-0.25, -0.2) is 0 Å². The molecule has 22 heavy (non-hydrogen) atoms. The summed E-state index contributed by atoms with van der Waals surface area (Å²) in [6.45, 7) is 5.72. The molecule has 2 saturated heterocycles. The van der Waals surface area contributed by atoms with Crippen LogP contribution in [0.5, 0.6) is 0 Å². The highest BCUT2D eigenvalue weighted by molar-refractivity contribution is 5.88. The lowest BCUT2D eigenvalue weighted by Gasteiger charge is -2.39. The molecule has 2 aliphatic heterocycles. The van der Waals surface area contributed by atoms with Crippen LogP contribution in [0.4, 0.5) is 0 Å². The maximum Gasteiger partial charge on any atom is 0.233 e. The van der Waals surface area contributed by atoms with E-state index in [9.17, 15) is 4.79 Å². The van der Waals surface area contributed by atoms with Gasteiger partial charge in [0.1, 0.15) is 0 Å². The first kappa shape index (κ1) is 15.5. The molecule has 2 fully saturated rings. The van der Waals surface area contributed by atoms with Crippen molar-refractivity contribution < 1.29 is 9.53 Å². The number of likely N-dealkylation sites (tertiary alicyclic amines) is 1. The number of carbonyl (C=O) groups is 1. The molecule has 0 bridgehead atoms. The zero-order chi connectivity index (χ0) is 15.6. The Morgan fingerprint density at radius 1 is 1.23 bits per heavy atom.